The molecule has 4 unspecified atom stereocenters. The van der Waals surface area contributed by atoms with Crippen LogP contribution in [-0.4, -0.2) is 49.6 Å². The van der Waals surface area contributed by atoms with E-state index in [2.05, 4.69) is 13.8 Å². The molecule has 0 spiro atoms. The van der Waals surface area contributed by atoms with E-state index in [-0.39, 0.29) is 36.0 Å². The zero-order chi connectivity index (χ0) is 20.5. The van der Waals surface area contributed by atoms with Gasteiger partial charge in [-0.05, 0) is 25.7 Å². The van der Waals surface area contributed by atoms with Crippen LogP contribution in [0.1, 0.15) is 79.1 Å². The zero-order valence-corrected chi connectivity index (χ0v) is 18.0. The lowest BCUT2D eigenvalue weighted by Gasteiger charge is -2.21. The van der Waals surface area contributed by atoms with Gasteiger partial charge < -0.3 is 18.9 Å². The van der Waals surface area contributed by atoms with Gasteiger partial charge in [0.1, 0.15) is 12.2 Å². The van der Waals surface area contributed by atoms with Gasteiger partial charge in [0.2, 0.25) is 0 Å². The van der Waals surface area contributed by atoms with Crippen LogP contribution in [0.15, 0.2) is 0 Å². The minimum atomic E-state index is -0.418. The lowest BCUT2D eigenvalue weighted by Crippen LogP contribution is -2.37. The van der Waals surface area contributed by atoms with Crippen LogP contribution >= 0.6 is 0 Å². The van der Waals surface area contributed by atoms with Gasteiger partial charge in [0, 0.05) is 0 Å². The third-order valence-corrected chi connectivity index (χ3v) is 5.96. The van der Waals surface area contributed by atoms with Crippen LogP contribution < -0.4 is 0 Å². The summed E-state index contributed by atoms with van der Waals surface area (Å²) in [7, 11) is 0. The van der Waals surface area contributed by atoms with Crippen LogP contribution in [0.2, 0.25) is 0 Å². The Hall–Kier alpha value is -1.14. The molecule has 0 saturated carbocycles. The molecule has 0 bridgehead atoms. The Kier molecular flexibility index (Phi) is 9.72. The molecule has 0 amide bonds. The van der Waals surface area contributed by atoms with Gasteiger partial charge in [-0.2, -0.15) is 0 Å². The lowest BCUT2D eigenvalue weighted by molar-refractivity contribution is -0.160. The highest BCUT2D eigenvalue weighted by Crippen LogP contribution is 2.32. The van der Waals surface area contributed by atoms with Crippen molar-refractivity contribution in [2.24, 2.45) is 11.8 Å². The molecule has 2 aliphatic heterocycles. The number of carbonyl (C=O) groups excluding carboxylic acids is 2. The molecule has 6 atom stereocenters. The summed E-state index contributed by atoms with van der Waals surface area (Å²) in [6.07, 6.45) is 5.89. The van der Waals surface area contributed by atoms with Crippen molar-refractivity contribution in [3.8, 4) is 0 Å². The molecule has 0 aromatic heterocycles. The summed E-state index contributed by atoms with van der Waals surface area (Å²) >= 11 is 0. The Balaban J connectivity index is 1.86. The number of hydrogen-bond donors (Lipinski definition) is 0. The van der Waals surface area contributed by atoms with Crippen molar-refractivity contribution in [3.05, 3.63) is 0 Å². The monoisotopic (exact) mass is 398 g/mol. The molecule has 28 heavy (non-hydrogen) atoms. The highest BCUT2D eigenvalue weighted by Gasteiger charge is 2.51. The number of esters is 2. The number of ether oxygens (including phenoxy) is 4. The maximum atomic E-state index is 12.5. The number of fused-ring (bicyclic) bond motifs is 1. The molecule has 2 fully saturated rings. The van der Waals surface area contributed by atoms with Gasteiger partial charge in [-0.3, -0.25) is 9.59 Å². The normalized spacial score (nSPS) is 28.6. The molecule has 0 aromatic rings. The summed E-state index contributed by atoms with van der Waals surface area (Å²) in [5.74, 6) is -0.476. The molecule has 2 saturated heterocycles. The molecule has 0 N–H and O–H groups in total. The zero-order valence-electron chi connectivity index (χ0n) is 18.0. The molecule has 0 aromatic carbocycles. The Labute approximate surface area is 169 Å². The Morgan fingerprint density at radius 1 is 0.786 bits per heavy atom. The van der Waals surface area contributed by atoms with Crippen molar-refractivity contribution in [2.75, 3.05) is 13.2 Å². The van der Waals surface area contributed by atoms with Crippen molar-refractivity contribution >= 4 is 11.9 Å². The van der Waals surface area contributed by atoms with Gasteiger partial charge in [-0.25, -0.2) is 0 Å². The number of carbonyl (C=O) groups is 2. The Bertz CT molecular complexity index is 449. The first kappa shape index (κ1) is 23.1. The van der Waals surface area contributed by atoms with Gasteiger partial charge in [-0.15, -0.1) is 0 Å². The van der Waals surface area contributed by atoms with Crippen molar-refractivity contribution in [1.82, 2.24) is 0 Å². The average Bonchev–Trinajstić information content (AvgIpc) is 3.26. The standard InChI is InChI=1S/C22H38O6/c1-5-9-11-15(7-3)21(23)27-17-13-25-20-18(14-26-19(17)20)28-22(24)16(8-4)12-10-6-2/h15-20H,5-14H2,1-4H3/t15?,16?,17-,18-,19?,20?/m1/s1. The van der Waals surface area contributed by atoms with E-state index in [1.807, 2.05) is 13.8 Å². The average molecular weight is 399 g/mol. The molecule has 2 rings (SSSR count). The first-order valence-electron chi connectivity index (χ1n) is 11.2. The van der Waals surface area contributed by atoms with Gasteiger partial charge >= 0.3 is 11.9 Å². The molecule has 2 heterocycles. The number of hydrogen-bond acceptors (Lipinski definition) is 6. The molecular formula is C22H38O6. The molecule has 162 valence electrons. The second-order valence-electron chi connectivity index (χ2n) is 8.04. The fraction of sp³-hybridized carbons (Fsp3) is 0.909. The van der Waals surface area contributed by atoms with E-state index < -0.39 is 12.2 Å². The topological polar surface area (TPSA) is 71.1 Å². The van der Waals surface area contributed by atoms with Crippen molar-refractivity contribution in [3.63, 3.8) is 0 Å². The fourth-order valence-corrected chi connectivity index (χ4v) is 4.00. The van der Waals surface area contributed by atoms with E-state index in [1.54, 1.807) is 0 Å². The molecular weight excluding hydrogens is 360 g/mol. The van der Waals surface area contributed by atoms with Crippen LogP contribution in [0, 0.1) is 11.8 Å². The summed E-state index contributed by atoms with van der Waals surface area (Å²) < 4.78 is 23.1. The van der Waals surface area contributed by atoms with E-state index in [0.29, 0.717) is 13.2 Å². The summed E-state index contributed by atoms with van der Waals surface area (Å²) in [5.41, 5.74) is 0. The number of unbranched alkanes of at least 4 members (excludes halogenated alkanes) is 2. The second kappa shape index (κ2) is 11.8. The smallest absolute Gasteiger partial charge is 0.309 e. The van der Waals surface area contributed by atoms with E-state index in [0.717, 1.165) is 51.4 Å². The molecule has 0 aliphatic carbocycles. The molecule has 6 nitrogen and oxygen atoms in total. The minimum Gasteiger partial charge on any atom is -0.457 e. The van der Waals surface area contributed by atoms with Crippen molar-refractivity contribution < 1.29 is 28.5 Å². The second-order valence-corrected chi connectivity index (χ2v) is 8.04. The van der Waals surface area contributed by atoms with E-state index >= 15 is 0 Å². The predicted molar refractivity (Wildman–Crippen MR) is 106 cm³/mol. The van der Waals surface area contributed by atoms with Crippen LogP contribution in [0.3, 0.4) is 0 Å². The lowest BCUT2D eigenvalue weighted by atomic mass is 9.99. The predicted octanol–water partition coefficient (Wildman–Crippen LogP) is 4.04. The quantitative estimate of drug-likeness (QED) is 0.462. The highest BCUT2D eigenvalue weighted by atomic mass is 16.7. The SMILES string of the molecule is CCCCC(CC)C(=O)O[C@@H]1COC2C1OC[C@H]2OC(=O)C(CC)CCCC. The van der Waals surface area contributed by atoms with Gasteiger partial charge in [-0.1, -0.05) is 53.4 Å². The van der Waals surface area contributed by atoms with Crippen LogP contribution in [0.4, 0.5) is 0 Å². The van der Waals surface area contributed by atoms with Crippen molar-refractivity contribution in [2.45, 2.75) is 103 Å². The van der Waals surface area contributed by atoms with Crippen molar-refractivity contribution in [1.29, 1.82) is 0 Å². The van der Waals surface area contributed by atoms with E-state index in [9.17, 15) is 9.59 Å². The first-order chi connectivity index (χ1) is 13.5. The summed E-state index contributed by atoms with van der Waals surface area (Å²) in [6.45, 7) is 8.86. The van der Waals surface area contributed by atoms with Crippen LogP contribution in [0.5, 0.6) is 0 Å². The fourth-order valence-electron chi connectivity index (χ4n) is 4.00. The van der Waals surface area contributed by atoms with Gasteiger partial charge in [0.25, 0.3) is 0 Å². The molecule has 6 heteroatoms. The van der Waals surface area contributed by atoms with E-state index in [1.165, 1.54) is 0 Å². The van der Waals surface area contributed by atoms with Crippen LogP contribution in [-0.2, 0) is 28.5 Å². The molecule has 2 aliphatic rings. The molecule has 0 radical (unpaired) electrons. The minimum absolute atomic E-state index is 0.0714. The van der Waals surface area contributed by atoms with Gasteiger partial charge in [0.05, 0.1) is 25.0 Å². The number of rotatable bonds is 12. The summed E-state index contributed by atoms with van der Waals surface area (Å²) in [5, 5.41) is 0. The third kappa shape index (κ3) is 5.93. The van der Waals surface area contributed by atoms with E-state index in [4.69, 9.17) is 18.9 Å². The summed E-state index contributed by atoms with van der Waals surface area (Å²) in [4.78, 5) is 25.0. The first-order valence-corrected chi connectivity index (χ1v) is 11.2. The Morgan fingerprint density at radius 3 is 1.50 bits per heavy atom. The maximum Gasteiger partial charge on any atom is 0.309 e. The van der Waals surface area contributed by atoms with Crippen LogP contribution in [0.25, 0.3) is 0 Å². The Morgan fingerprint density at radius 2 is 1.18 bits per heavy atom. The largest absolute Gasteiger partial charge is 0.457 e. The van der Waals surface area contributed by atoms with Gasteiger partial charge in [0.15, 0.2) is 12.2 Å². The highest BCUT2D eigenvalue weighted by molar-refractivity contribution is 5.73. The summed E-state index contributed by atoms with van der Waals surface area (Å²) in [6, 6.07) is 0. The third-order valence-electron chi connectivity index (χ3n) is 5.96. The maximum absolute atomic E-state index is 12.5.